The van der Waals surface area contributed by atoms with Crippen molar-refractivity contribution >= 4 is 37.4 Å². The topological polar surface area (TPSA) is 84.5 Å². The Hall–Kier alpha value is -1.48. The molecule has 1 aromatic heterocycles. The zero-order valence-corrected chi connectivity index (χ0v) is 14.9. The maximum Gasteiger partial charge on any atom is 0.348 e. The number of likely N-dealkylation sites (N-methyl/N-ethyl adjacent to an activating group) is 1. The predicted molar refractivity (Wildman–Crippen MR) is 91.5 cm³/mol. The number of carbonyl (C=O) groups excluding carboxylic acids is 1. The molecular weight excluding hydrogens is 336 g/mol. The highest BCUT2D eigenvalue weighted by Crippen LogP contribution is 2.28. The molecule has 0 saturated carbocycles. The number of carbonyl (C=O) groups is 1. The molecule has 0 radical (unpaired) electrons. The van der Waals surface area contributed by atoms with Gasteiger partial charge in [-0.15, -0.1) is 11.3 Å². The fourth-order valence-electron chi connectivity index (χ4n) is 1.91. The van der Waals surface area contributed by atoms with Crippen LogP contribution in [0.1, 0.15) is 23.5 Å². The molecule has 0 aliphatic carbocycles. The number of nitrogens with one attached hydrogen (secondary N) is 2. The van der Waals surface area contributed by atoms with Gasteiger partial charge >= 0.3 is 5.97 Å². The SMILES string of the molecule is CCOC(=O)c1cc2cc(S(=O)(=O)NCC(C)NC)ccc2s1. The van der Waals surface area contributed by atoms with E-state index in [1.807, 2.05) is 6.92 Å². The van der Waals surface area contributed by atoms with Crippen LogP contribution < -0.4 is 10.0 Å². The number of thiophene rings is 1. The lowest BCUT2D eigenvalue weighted by atomic mass is 10.2. The van der Waals surface area contributed by atoms with Crippen molar-refractivity contribution in [1.82, 2.24) is 10.0 Å². The first-order valence-electron chi connectivity index (χ1n) is 7.25. The summed E-state index contributed by atoms with van der Waals surface area (Å²) < 4.78 is 33.0. The predicted octanol–water partition coefficient (Wildman–Crippen LogP) is 1.96. The largest absolute Gasteiger partial charge is 0.462 e. The molecule has 1 aromatic carbocycles. The summed E-state index contributed by atoms with van der Waals surface area (Å²) in [4.78, 5) is 12.4. The molecule has 2 aromatic rings. The van der Waals surface area contributed by atoms with Gasteiger partial charge in [-0.25, -0.2) is 17.9 Å². The smallest absolute Gasteiger partial charge is 0.348 e. The van der Waals surface area contributed by atoms with E-state index < -0.39 is 10.0 Å². The number of rotatable bonds is 7. The molecule has 0 aliphatic rings. The Morgan fingerprint density at radius 1 is 1.35 bits per heavy atom. The molecule has 0 fully saturated rings. The second-order valence-electron chi connectivity index (χ2n) is 5.07. The zero-order chi connectivity index (χ0) is 17.0. The minimum Gasteiger partial charge on any atom is -0.462 e. The maximum absolute atomic E-state index is 12.3. The molecule has 8 heteroatoms. The average Bonchev–Trinajstić information content (AvgIpc) is 2.96. The van der Waals surface area contributed by atoms with Gasteiger partial charge < -0.3 is 10.1 Å². The molecule has 0 bridgehead atoms. The van der Waals surface area contributed by atoms with E-state index >= 15 is 0 Å². The molecule has 1 atom stereocenters. The van der Waals surface area contributed by atoms with Crippen LogP contribution >= 0.6 is 11.3 Å². The van der Waals surface area contributed by atoms with Gasteiger partial charge in [0, 0.05) is 17.3 Å². The lowest BCUT2D eigenvalue weighted by molar-refractivity contribution is 0.0532. The van der Waals surface area contributed by atoms with Crippen molar-refractivity contribution in [1.29, 1.82) is 0 Å². The second kappa shape index (κ2) is 7.39. The highest BCUT2D eigenvalue weighted by molar-refractivity contribution is 7.89. The summed E-state index contributed by atoms with van der Waals surface area (Å²) in [7, 11) is -1.81. The minimum absolute atomic E-state index is 0.0325. The van der Waals surface area contributed by atoms with Crippen molar-refractivity contribution in [3.63, 3.8) is 0 Å². The Balaban J connectivity index is 2.27. The van der Waals surface area contributed by atoms with Crippen LogP contribution in [0.25, 0.3) is 10.1 Å². The van der Waals surface area contributed by atoms with Crippen LogP contribution in [0, 0.1) is 0 Å². The van der Waals surface area contributed by atoms with E-state index in [-0.39, 0.29) is 16.9 Å². The van der Waals surface area contributed by atoms with E-state index in [4.69, 9.17) is 4.74 Å². The van der Waals surface area contributed by atoms with Gasteiger partial charge in [-0.2, -0.15) is 0 Å². The summed E-state index contributed by atoms with van der Waals surface area (Å²) in [5.41, 5.74) is 0. The van der Waals surface area contributed by atoms with Gasteiger partial charge in [0.15, 0.2) is 0 Å². The molecule has 1 unspecified atom stereocenters. The molecule has 6 nitrogen and oxygen atoms in total. The summed E-state index contributed by atoms with van der Waals surface area (Å²) in [5, 5.41) is 3.68. The Morgan fingerprint density at radius 3 is 2.74 bits per heavy atom. The van der Waals surface area contributed by atoms with Gasteiger partial charge in [0.1, 0.15) is 4.88 Å². The van der Waals surface area contributed by atoms with Crippen molar-refractivity contribution in [2.24, 2.45) is 0 Å². The van der Waals surface area contributed by atoms with E-state index in [9.17, 15) is 13.2 Å². The molecule has 0 amide bonds. The maximum atomic E-state index is 12.3. The number of ether oxygens (including phenoxy) is 1. The Kier molecular flexibility index (Phi) is 5.74. The standard InChI is InChI=1S/C15H20N2O4S2/c1-4-21-15(18)14-8-11-7-12(5-6-13(11)22-14)23(19,20)17-9-10(2)16-3/h5-8,10,16-17H,4,9H2,1-3H3. The third-order valence-electron chi connectivity index (χ3n) is 3.35. The van der Waals surface area contributed by atoms with Crippen LogP contribution in [0.15, 0.2) is 29.2 Å². The van der Waals surface area contributed by atoms with Crippen molar-refractivity contribution in [2.75, 3.05) is 20.2 Å². The van der Waals surface area contributed by atoms with E-state index in [1.165, 1.54) is 11.3 Å². The quantitative estimate of drug-likeness (QED) is 0.741. The van der Waals surface area contributed by atoms with Gasteiger partial charge in [-0.3, -0.25) is 0 Å². The molecule has 23 heavy (non-hydrogen) atoms. The summed E-state index contributed by atoms with van der Waals surface area (Å²) >= 11 is 1.29. The van der Waals surface area contributed by atoms with E-state index in [1.54, 1.807) is 38.2 Å². The van der Waals surface area contributed by atoms with Crippen molar-refractivity contribution in [3.05, 3.63) is 29.1 Å². The molecule has 0 aliphatic heterocycles. The van der Waals surface area contributed by atoms with Gasteiger partial charge in [0.25, 0.3) is 0 Å². The molecule has 0 saturated heterocycles. The van der Waals surface area contributed by atoms with Gasteiger partial charge in [-0.05, 0) is 50.5 Å². The minimum atomic E-state index is -3.58. The van der Waals surface area contributed by atoms with Crippen LogP contribution in [-0.2, 0) is 14.8 Å². The lowest BCUT2D eigenvalue weighted by Crippen LogP contribution is -2.37. The summed E-state index contributed by atoms with van der Waals surface area (Å²) in [5.74, 6) is -0.390. The molecule has 2 N–H and O–H groups in total. The molecule has 2 rings (SSSR count). The number of hydrogen-bond acceptors (Lipinski definition) is 6. The average molecular weight is 356 g/mol. The second-order valence-corrected chi connectivity index (χ2v) is 7.92. The number of fused-ring (bicyclic) bond motifs is 1. The monoisotopic (exact) mass is 356 g/mol. The van der Waals surface area contributed by atoms with Crippen LogP contribution in [0.4, 0.5) is 0 Å². The molecule has 1 heterocycles. The fraction of sp³-hybridized carbons (Fsp3) is 0.400. The number of benzene rings is 1. The summed E-state index contributed by atoms with van der Waals surface area (Å²) in [6.07, 6.45) is 0. The van der Waals surface area contributed by atoms with Gasteiger partial charge in [0.05, 0.1) is 11.5 Å². The summed E-state index contributed by atoms with van der Waals surface area (Å²) in [6.45, 7) is 4.23. The molecule has 0 spiro atoms. The fourth-order valence-corrected chi connectivity index (χ4v) is 4.01. The number of esters is 1. The van der Waals surface area contributed by atoms with Crippen LogP contribution in [-0.4, -0.2) is 40.6 Å². The van der Waals surface area contributed by atoms with Crippen molar-refractivity contribution in [2.45, 2.75) is 24.8 Å². The molecule has 126 valence electrons. The first-order valence-corrected chi connectivity index (χ1v) is 9.55. The zero-order valence-electron chi connectivity index (χ0n) is 13.3. The Morgan fingerprint density at radius 2 is 2.09 bits per heavy atom. The van der Waals surface area contributed by atoms with E-state index in [0.717, 1.165) is 4.70 Å². The summed E-state index contributed by atoms with van der Waals surface area (Å²) in [6, 6.07) is 6.51. The van der Waals surface area contributed by atoms with Gasteiger partial charge in [0.2, 0.25) is 10.0 Å². The van der Waals surface area contributed by atoms with E-state index in [2.05, 4.69) is 10.0 Å². The highest BCUT2D eigenvalue weighted by Gasteiger charge is 2.17. The third-order valence-corrected chi connectivity index (χ3v) is 5.86. The third kappa shape index (κ3) is 4.29. The number of hydrogen-bond donors (Lipinski definition) is 2. The normalized spacial score (nSPS) is 13.2. The first kappa shape index (κ1) is 17.9. The highest BCUT2D eigenvalue weighted by atomic mass is 32.2. The van der Waals surface area contributed by atoms with E-state index in [0.29, 0.717) is 23.4 Å². The van der Waals surface area contributed by atoms with Crippen molar-refractivity contribution < 1.29 is 17.9 Å². The number of sulfonamides is 1. The molecular formula is C15H20N2O4S2. The van der Waals surface area contributed by atoms with Crippen LogP contribution in [0.5, 0.6) is 0 Å². The van der Waals surface area contributed by atoms with Crippen LogP contribution in [0.3, 0.4) is 0 Å². The Labute approximate surface area is 139 Å². The van der Waals surface area contributed by atoms with Crippen LogP contribution in [0.2, 0.25) is 0 Å². The lowest BCUT2D eigenvalue weighted by Gasteiger charge is -2.12. The Bertz CT molecular complexity index is 799. The first-order chi connectivity index (χ1) is 10.9. The van der Waals surface area contributed by atoms with Crippen molar-refractivity contribution in [3.8, 4) is 0 Å². The van der Waals surface area contributed by atoms with Gasteiger partial charge in [-0.1, -0.05) is 0 Å².